The van der Waals surface area contributed by atoms with Gasteiger partial charge < -0.3 is 15.0 Å². The summed E-state index contributed by atoms with van der Waals surface area (Å²) in [6, 6.07) is 0.296. The van der Waals surface area contributed by atoms with Crippen molar-refractivity contribution in [3.63, 3.8) is 0 Å². The van der Waals surface area contributed by atoms with Gasteiger partial charge in [-0.25, -0.2) is 0 Å². The Balaban J connectivity index is 2.23. The van der Waals surface area contributed by atoms with Gasteiger partial charge in [-0.3, -0.25) is 4.79 Å². The molecule has 0 bridgehead atoms. The molecule has 0 aromatic heterocycles. The van der Waals surface area contributed by atoms with Gasteiger partial charge in [-0.1, -0.05) is 0 Å². The van der Waals surface area contributed by atoms with E-state index in [4.69, 9.17) is 4.74 Å². The molecule has 0 radical (unpaired) electrons. The molecule has 74 valence electrons. The lowest BCUT2D eigenvalue weighted by atomic mass is 9.83. The van der Waals surface area contributed by atoms with E-state index in [2.05, 4.69) is 10.2 Å². The third-order valence-corrected chi connectivity index (χ3v) is 3.27. The van der Waals surface area contributed by atoms with Crippen molar-refractivity contribution in [3.8, 4) is 0 Å². The van der Waals surface area contributed by atoms with Crippen LogP contribution in [0.25, 0.3) is 0 Å². The Kier molecular flexibility index (Phi) is 2.04. The van der Waals surface area contributed by atoms with Crippen molar-refractivity contribution in [2.75, 3.05) is 33.8 Å². The van der Waals surface area contributed by atoms with E-state index < -0.39 is 0 Å². The Morgan fingerprint density at radius 2 is 2.46 bits per heavy atom. The number of ether oxygens (including phenoxy) is 1. The van der Waals surface area contributed by atoms with E-state index in [1.807, 2.05) is 7.05 Å². The highest BCUT2D eigenvalue weighted by atomic mass is 16.5. The third-order valence-electron chi connectivity index (χ3n) is 3.27. The summed E-state index contributed by atoms with van der Waals surface area (Å²) in [5.41, 5.74) is -0.260. The van der Waals surface area contributed by atoms with Gasteiger partial charge in [0.1, 0.15) is 0 Å². The minimum atomic E-state index is -0.260. The number of hydrogen-bond acceptors (Lipinski definition) is 4. The first kappa shape index (κ1) is 8.97. The molecule has 13 heavy (non-hydrogen) atoms. The maximum Gasteiger partial charge on any atom is 0.314 e. The predicted octanol–water partition coefficient (Wildman–Crippen LogP) is -0.547. The molecule has 0 aromatic carbocycles. The van der Waals surface area contributed by atoms with E-state index in [1.165, 1.54) is 7.11 Å². The molecular weight excluding hydrogens is 168 g/mol. The number of nitrogens with one attached hydrogen (secondary N) is 1. The fourth-order valence-corrected chi connectivity index (χ4v) is 2.64. The average molecular weight is 184 g/mol. The lowest BCUT2D eigenvalue weighted by Gasteiger charge is -2.24. The summed E-state index contributed by atoms with van der Waals surface area (Å²) in [5, 5.41) is 3.36. The van der Waals surface area contributed by atoms with Gasteiger partial charge in [-0.05, 0) is 20.0 Å². The number of carbonyl (C=O) groups is 1. The average Bonchev–Trinajstić information content (AvgIpc) is 2.59. The van der Waals surface area contributed by atoms with Crippen LogP contribution in [0.2, 0.25) is 0 Å². The van der Waals surface area contributed by atoms with Crippen LogP contribution in [-0.4, -0.2) is 50.7 Å². The maximum absolute atomic E-state index is 11.7. The van der Waals surface area contributed by atoms with Gasteiger partial charge in [-0.2, -0.15) is 0 Å². The highest BCUT2D eigenvalue weighted by molar-refractivity contribution is 5.79. The highest BCUT2D eigenvalue weighted by Crippen LogP contribution is 2.38. The number of esters is 1. The quantitative estimate of drug-likeness (QED) is 0.555. The number of nitrogens with zero attached hydrogens (tertiary/aromatic N) is 1. The fourth-order valence-electron chi connectivity index (χ4n) is 2.64. The van der Waals surface area contributed by atoms with Gasteiger partial charge in [0.05, 0.1) is 12.5 Å². The van der Waals surface area contributed by atoms with Crippen molar-refractivity contribution >= 4 is 5.97 Å². The number of fused-ring (bicyclic) bond motifs is 1. The molecule has 2 saturated heterocycles. The highest BCUT2D eigenvalue weighted by Gasteiger charge is 2.54. The molecule has 2 unspecified atom stereocenters. The predicted molar refractivity (Wildman–Crippen MR) is 48.4 cm³/mol. The zero-order valence-corrected chi connectivity index (χ0v) is 8.17. The zero-order valence-electron chi connectivity index (χ0n) is 8.17. The van der Waals surface area contributed by atoms with Crippen LogP contribution in [0.4, 0.5) is 0 Å². The van der Waals surface area contributed by atoms with Crippen molar-refractivity contribution in [3.05, 3.63) is 0 Å². The summed E-state index contributed by atoms with van der Waals surface area (Å²) >= 11 is 0. The van der Waals surface area contributed by atoms with Crippen LogP contribution in [0.5, 0.6) is 0 Å². The monoisotopic (exact) mass is 184 g/mol. The van der Waals surface area contributed by atoms with Crippen LogP contribution in [0.15, 0.2) is 0 Å². The van der Waals surface area contributed by atoms with E-state index in [9.17, 15) is 4.79 Å². The molecule has 4 nitrogen and oxygen atoms in total. The summed E-state index contributed by atoms with van der Waals surface area (Å²) < 4.78 is 4.88. The van der Waals surface area contributed by atoms with E-state index >= 15 is 0 Å². The first-order valence-electron chi connectivity index (χ1n) is 4.69. The van der Waals surface area contributed by atoms with E-state index in [0.29, 0.717) is 6.04 Å². The molecule has 0 saturated carbocycles. The molecule has 0 aromatic rings. The van der Waals surface area contributed by atoms with E-state index in [-0.39, 0.29) is 11.4 Å². The molecule has 0 amide bonds. The summed E-state index contributed by atoms with van der Waals surface area (Å²) in [5.74, 6) is -0.0492. The Labute approximate surface area is 78.2 Å². The van der Waals surface area contributed by atoms with Crippen molar-refractivity contribution in [2.24, 2.45) is 5.41 Å². The molecule has 0 spiro atoms. The van der Waals surface area contributed by atoms with Crippen LogP contribution in [0.3, 0.4) is 0 Å². The van der Waals surface area contributed by atoms with Crippen LogP contribution in [0.1, 0.15) is 6.42 Å². The fraction of sp³-hybridized carbons (Fsp3) is 0.889. The number of likely N-dealkylation sites (N-methyl/N-ethyl adjacent to an activating group) is 1. The molecule has 2 aliphatic rings. The Morgan fingerprint density at radius 3 is 3.15 bits per heavy atom. The molecule has 1 N–H and O–H groups in total. The number of likely N-dealkylation sites (tertiary alicyclic amines) is 1. The van der Waals surface area contributed by atoms with Crippen LogP contribution >= 0.6 is 0 Å². The van der Waals surface area contributed by atoms with Crippen LogP contribution < -0.4 is 5.32 Å². The Hall–Kier alpha value is -0.610. The Morgan fingerprint density at radius 1 is 1.69 bits per heavy atom. The van der Waals surface area contributed by atoms with E-state index in [0.717, 1.165) is 26.1 Å². The smallest absolute Gasteiger partial charge is 0.314 e. The second kappa shape index (κ2) is 2.96. The molecule has 2 aliphatic heterocycles. The molecule has 2 atom stereocenters. The molecule has 4 heteroatoms. The topological polar surface area (TPSA) is 41.6 Å². The summed E-state index contributed by atoms with van der Waals surface area (Å²) in [6.07, 6.45) is 0.911. The molecule has 0 aliphatic carbocycles. The van der Waals surface area contributed by atoms with Crippen molar-refractivity contribution in [1.82, 2.24) is 10.2 Å². The lowest BCUT2D eigenvalue weighted by molar-refractivity contribution is -0.152. The number of rotatable bonds is 1. The number of hydrogen-bond donors (Lipinski definition) is 1. The zero-order chi connectivity index (χ0) is 9.47. The minimum absolute atomic E-state index is 0.0492. The van der Waals surface area contributed by atoms with Gasteiger partial charge in [-0.15, -0.1) is 0 Å². The van der Waals surface area contributed by atoms with Crippen molar-refractivity contribution < 1.29 is 9.53 Å². The van der Waals surface area contributed by atoms with Gasteiger partial charge in [0.15, 0.2) is 0 Å². The lowest BCUT2D eigenvalue weighted by Crippen LogP contribution is -2.42. The normalized spacial score (nSPS) is 39.1. The second-order valence-electron chi connectivity index (χ2n) is 4.10. The van der Waals surface area contributed by atoms with Crippen molar-refractivity contribution in [2.45, 2.75) is 12.5 Å². The molecular formula is C9H16N2O2. The van der Waals surface area contributed by atoms with Crippen LogP contribution in [0, 0.1) is 5.41 Å². The largest absolute Gasteiger partial charge is 0.469 e. The van der Waals surface area contributed by atoms with Gasteiger partial charge in [0.2, 0.25) is 0 Å². The SMILES string of the molecule is COC(=O)C12CCNC1CN(C)C2. The summed E-state index contributed by atoms with van der Waals surface area (Å²) in [7, 11) is 3.52. The summed E-state index contributed by atoms with van der Waals surface area (Å²) in [6.45, 7) is 2.72. The van der Waals surface area contributed by atoms with Crippen LogP contribution in [-0.2, 0) is 9.53 Å². The standard InChI is InChI=1S/C9H16N2O2/c1-11-5-7-9(6-11,3-4-10-7)8(12)13-2/h7,10H,3-6H2,1-2H3. The maximum atomic E-state index is 11.7. The summed E-state index contributed by atoms with van der Waals surface area (Å²) in [4.78, 5) is 13.9. The van der Waals surface area contributed by atoms with Gasteiger partial charge in [0.25, 0.3) is 0 Å². The first-order valence-corrected chi connectivity index (χ1v) is 4.69. The van der Waals surface area contributed by atoms with Crippen molar-refractivity contribution in [1.29, 1.82) is 0 Å². The first-order chi connectivity index (χ1) is 6.19. The Bertz CT molecular complexity index is 232. The minimum Gasteiger partial charge on any atom is -0.469 e. The van der Waals surface area contributed by atoms with Gasteiger partial charge >= 0.3 is 5.97 Å². The second-order valence-corrected chi connectivity index (χ2v) is 4.10. The number of carbonyl (C=O) groups excluding carboxylic acids is 1. The molecule has 2 heterocycles. The molecule has 2 fully saturated rings. The number of methoxy groups -OCH3 is 1. The van der Waals surface area contributed by atoms with E-state index in [1.54, 1.807) is 0 Å². The molecule has 2 rings (SSSR count). The van der Waals surface area contributed by atoms with Gasteiger partial charge in [0, 0.05) is 19.1 Å². The third kappa shape index (κ3) is 1.16.